The lowest BCUT2D eigenvalue weighted by molar-refractivity contribution is 0.155. The van der Waals surface area contributed by atoms with Crippen LogP contribution in [0.15, 0.2) is 28.9 Å². The summed E-state index contributed by atoms with van der Waals surface area (Å²) >= 11 is 0. The van der Waals surface area contributed by atoms with Gasteiger partial charge in [0.05, 0.1) is 6.54 Å². The Bertz CT molecular complexity index is 508. The molecule has 0 radical (unpaired) electrons. The van der Waals surface area contributed by atoms with Crippen molar-refractivity contribution in [1.82, 2.24) is 25.3 Å². The van der Waals surface area contributed by atoms with E-state index in [2.05, 4.69) is 32.4 Å². The molecule has 0 spiro atoms. The van der Waals surface area contributed by atoms with Gasteiger partial charge in [0.15, 0.2) is 0 Å². The Morgan fingerprint density at radius 3 is 3.00 bits per heavy atom. The van der Waals surface area contributed by atoms with E-state index in [9.17, 15) is 0 Å². The molecule has 0 amide bonds. The molecule has 0 unspecified atom stereocenters. The summed E-state index contributed by atoms with van der Waals surface area (Å²) < 4.78 is 5.25. The first-order chi connectivity index (χ1) is 8.83. The maximum atomic E-state index is 5.25. The minimum Gasteiger partial charge on any atom is -0.337 e. The Labute approximate surface area is 105 Å². The van der Waals surface area contributed by atoms with E-state index in [1.807, 2.05) is 18.2 Å². The van der Waals surface area contributed by atoms with Crippen LogP contribution in [0.5, 0.6) is 0 Å². The highest BCUT2D eigenvalue weighted by atomic mass is 16.5. The van der Waals surface area contributed by atoms with E-state index in [0.717, 1.165) is 18.8 Å². The van der Waals surface area contributed by atoms with Gasteiger partial charge in [0.1, 0.15) is 5.69 Å². The van der Waals surface area contributed by atoms with E-state index in [4.69, 9.17) is 4.52 Å². The molecule has 1 saturated heterocycles. The van der Waals surface area contributed by atoms with Crippen molar-refractivity contribution in [2.45, 2.75) is 12.6 Å². The molecule has 0 atom stereocenters. The summed E-state index contributed by atoms with van der Waals surface area (Å²) in [4.78, 5) is 10.8. The molecule has 1 aliphatic heterocycles. The van der Waals surface area contributed by atoms with Gasteiger partial charge in [-0.25, -0.2) is 0 Å². The molecule has 94 valence electrons. The van der Waals surface area contributed by atoms with Crippen molar-refractivity contribution in [2.24, 2.45) is 0 Å². The van der Waals surface area contributed by atoms with Crippen LogP contribution in [-0.2, 0) is 6.54 Å². The van der Waals surface area contributed by atoms with Gasteiger partial charge in [0, 0.05) is 25.3 Å². The van der Waals surface area contributed by atoms with Crippen LogP contribution in [0.25, 0.3) is 11.5 Å². The Balaban J connectivity index is 1.69. The van der Waals surface area contributed by atoms with Crippen LogP contribution in [0.1, 0.15) is 5.89 Å². The van der Waals surface area contributed by atoms with Gasteiger partial charge in [0.2, 0.25) is 11.7 Å². The Kier molecular flexibility index (Phi) is 3.04. The number of likely N-dealkylation sites (N-methyl/N-ethyl adjacent to an activating group) is 1. The zero-order chi connectivity index (χ0) is 12.4. The molecule has 2 aromatic rings. The average molecular weight is 245 g/mol. The number of nitrogens with zero attached hydrogens (tertiary/aromatic N) is 4. The molecule has 0 saturated carbocycles. The number of hydrogen-bond acceptors (Lipinski definition) is 6. The van der Waals surface area contributed by atoms with Crippen molar-refractivity contribution in [3.8, 4) is 11.5 Å². The van der Waals surface area contributed by atoms with Crippen LogP contribution in [0.4, 0.5) is 0 Å². The zero-order valence-electron chi connectivity index (χ0n) is 10.2. The fourth-order valence-corrected chi connectivity index (χ4v) is 1.85. The second-order valence-electron chi connectivity index (χ2n) is 4.45. The van der Waals surface area contributed by atoms with Gasteiger partial charge >= 0.3 is 0 Å². The maximum absolute atomic E-state index is 5.25. The van der Waals surface area contributed by atoms with Crippen LogP contribution in [0.3, 0.4) is 0 Å². The van der Waals surface area contributed by atoms with E-state index >= 15 is 0 Å². The summed E-state index contributed by atoms with van der Waals surface area (Å²) in [5.74, 6) is 1.18. The zero-order valence-corrected chi connectivity index (χ0v) is 10.2. The van der Waals surface area contributed by atoms with Crippen molar-refractivity contribution in [2.75, 3.05) is 20.1 Å². The van der Waals surface area contributed by atoms with Crippen molar-refractivity contribution in [1.29, 1.82) is 0 Å². The molecule has 0 bridgehead atoms. The van der Waals surface area contributed by atoms with Gasteiger partial charge in [-0.15, -0.1) is 0 Å². The lowest BCUT2D eigenvalue weighted by Crippen LogP contribution is -2.55. The monoisotopic (exact) mass is 245 g/mol. The van der Waals surface area contributed by atoms with Crippen LogP contribution in [0.2, 0.25) is 0 Å². The van der Waals surface area contributed by atoms with E-state index in [-0.39, 0.29) is 0 Å². The summed E-state index contributed by atoms with van der Waals surface area (Å²) in [7, 11) is 2.07. The third-order valence-electron chi connectivity index (χ3n) is 3.13. The normalized spacial score (nSPS) is 15.9. The molecule has 6 heteroatoms. The minimum atomic E-state index is 0.547. The predicted molar refractivity (Wildman–Crippen MR) is 65.7 cm³/mol. The molecule has 2 aromatic heterocycles. The first-order valence-electron chi connectivity index (χ1n) is 5.98. The SMILES string of the molecule is CN(Cc1nc(-c2ccccn2)no1)C1CNC1. The van der Waals surface area contributed by atoms with E-state index < -0.39 is 0 Å². The van der Waals surface area contributed by atoms with Crippen molar-refractivity contribution in [3.05, 3.63) is 30.3 Å². The largest absolute Gasteiger partial charge is 0.337 e. The fourth-order valence-electron chi connectivity index (χ4n) is 1.85. The second-order valence-corrected chi connectivity index (χ2v) is 4.45. The summed E-state index contributed by atoms with van der Waals surface area (Å²) in [6.45, 7) is 2.72. The lowest BCUT2D eigenvalue weighted by Gasteiger charge is -2.34. The lowest BCUT2D eigenvalue weighted by atomic mass is 10.1. The van der Waals surface area contributed by atoms with Gasteiger partial charge in [-0.1, -0.05) is 11.2 Å². The fraction of sp³-hybridized carbons (Fsp3) is 0.417. The molecule has 6 nitrogen and oxygen atoms in total. The van der Waals surface area contributed by atoms with E-state index in [0.29, 0.717) is 24.3 Å². The number of nitrogens with one attached hydrogen (secondary N) is 1. The number of pyridine rings is 1. The number of aromatic nitrogens is 3. The first kappa shape index (κ1) is 11.3. The van der Waals surface area contributed by atoms with Crippen LogP contribution in [-0.4, -0.2) is 46.2 Å². The highest BCUT2D eigenvalue weighted by molar-refractivity contribution is 5.46. The number of rotatable bonds is 4. The Hall–Kier alpha value is -1.79. The van der Waals surface area contributed by atoms with E-state index in [1.165, 1.54) is 0 Å². The summed E-state index contributed by atoms with van der Waals surface area (Å²) in [5, 5.41) is 7.19. The maximum Gasteiger partial charge on any atom is 0.241 e. The molecule has 3 rings (SSSR count). The summed E-state index contributed by atoms with van der Waals surface area (Å²) in [5.41, 5.74) is 0.737. The minimum absolute atomic E-state index is 0.547. The van der Waals surface area contributed by atoms with Crippen molar-refractivity contribution in [3.63, 3.8) is 0 Å². The molecule has 1 N–H and O–H groups in total. The predicted octanol–water partition coefficient (Wildman–Crippen LogP) is 0.535. The molecule has 1 fully saturated rings. The van der Waals surface area contributed by atoms with Gasteiger partial charge in [-0.3, -0.25) is 9.88 Å². The van der Waals surface area contributed by atoms with Crippen molar-refractivity contribution >= 4 is 0 Å². The average Bonchev–Trinajstić information content (AvgIpc) is 2.76. The van der Waals surface area contributed by atoms with Gasteiger partial charge in [-0.2, -0.15) is 4.98 Å². The highest BCUT2D eigenvalue weighted by Crippen LogP contribution is 2.13. The number of hydrogen-bond donors (Lipinski definition) is 1. The molecule has 0 aromatic carbocycles. The molecule has 18 heavy (non-hydrogen) atoms. The quantitative estimate of drug-likeness (QED) is 0.847. The van der Waals surface area contributed by atoms with Gasteiger partial charge < -0.3 is 9.84 Å². The Morgan fingerprint density at radius 1 is 1.44 bits per heavy atom. The molecule has 1 aliphatic rings. The summed E-state index contributed by atoms with van der Waals surface area (Å²) in [6.07, 6.45) is 1.72. The third kappa shape index (κ3) is 2.25. The van der Waals surface area contributed by atoms with Crippen molar-refractivity contribution < 1.29 is 4.52 Å². The smallest absolute Gasteiger partial charge is 0.241 e. The Morgan fingerprint density at radius 2 is 2.33 bits per heavy atom. The third-order valence-corrected chi connectivity index (χ3v) is 3.13. The van der Waals surface area contributed by atoms with Crippen LogP contribution < -0.4 is 5.32 Å². The van der Waals surface area contributed by atoms with Crippen LogP contribution >= 0.6 is 0 Å². The topological polar surface area (TPSA) is 67.1 Å². The highest BCUT2D eigenvalue weighted by Gasteiger charge is 2.23. The van der Waals surface area contributed by atoms with Crippen LogP contribution in [0, 0.1) is 0 Å². The van der Waals surface area contributed by atoms with Gasteiger partial charge in [0.25, 0.3) is 0 Å². The summed E-state index contributed by atoms with van der Waals surface area (Å²) in [6, 6.07) is 6.20. The molecule has 0 aliphatic carbocycles. The van der Waals surface area contributed by atoms with E-state index in [1.54, 1.807) is 6.20 Å². The first-order valence-corrected chi connectivity index (χ1v) is 5.98. The molecular formula is C12H15N5O. The second kappa shape index (κ2) is 4.83. The molecular weight excluding hydrogens is 230 g/mol. The van der Waals surface area contributed by atoms with Gasteiger partial charge in [-0.05, 0) is 19.2 Å². The standard InChI is InChI=1S/C12H15N5O/c1-17(9-6-13-7-9)8-11-15-12(16-18-11)10-4-2-3-5-14-10/h2-5,9,13H,6-8H2,1H3. The molecule has 3 heterocycles.